The highest BCUT2D eigenvalue weighted by Crippen LogP contribution is 2.33. The van der Waals surface area contributed by atoms with E-state index in [2.05, 4.69) is 40.8 Å². The normalized spacial score (nSPS) is 23.6. The van der Waals surface area contributed by atoms with E-state index in [1.54, 1.807) is 18.4 Å². The number of rotatable bonds is 6. The number of hydrogen-bond acceptors (Lipinski definition) is 12. The van der Waals surface area contributed by atoms with Crippen molar-refractivity contribution in [3.63, 3.8) is 0 Å². The van der Waals surface area contributed by atoms with E-state index >= 15 is 0 Å². The molecule has 16 heteroatoms. The monoisotopic (exact) mass is 504 g/mol. The number of pyridine rings is 1. The van der Waals surface area contributed by atoms with Gasteiger partial charge in [-0.05, 0) is 16.5 Å². The summed E-state index contributed by atoms with van der Waals surface area (Å²) >= 11 is 6.10. The van der Waals surface area contributed by atoms with Gasteiger partial charge in [0.05, 0.1) is 17.9 Å². The molecule has 35 heavy (non-hydrogen) atoms. The predicted octanol–water partition coefficient (Wildman–Crippen LogP) is -0.958. The molecule has 4 atom stereocenters. The molecule has 1 amide bonds. The highest BCUT2D eigenvalue weighted by atomic mass is 35.5. The summed E-state index contributed by atoms with van der Waals surface area (Å²) in [7, 11) is 1.67. The zero-order valence-electron chi connectivity index (χ0n) is 20.9. The molecule has 0 bridgehead atoms. The van der Waals surface area contributed by atoms with Gasteiger partial charge in [-0.3, -0.25) is 14.3 Å². The third-order valence-electron chi connectivity index (χ3n) is 5.40. The summed E-state index contributed by atoms with van der Waals surface area (Å²) in [4.78, 5) is 29.9. The Morgan fingerprint density at radius 1 is 1.31 bits per heavy atom. The molecular formula is C19H20ClN11O4. The fraction of sp³-hybridized carbons (Fsp3) is 0.368. The Hall–Kier alpha value is -3.79. The SMILES string of the molecule is [2H]C([2H])([2H])NC(=O)[C@H]1O[C@@H](n2cnc3c(NCc4nnnn4C)nc(-c4cncc(Cl)c4)nc32)[C@H](O)[C@@H]1O. The molecule has 5 rings (SSSR count). The second kappa shape index (κ2) is 9.10. The Morgan fingerprint density at radius 2 is 2.17 bits per heavy atom. The molecule has 1 fully saturated rings. The number of imidazole rings is 1. The first kappa shape index (κ1) is 19.5. The molecule has 0 unspecified atom stereocenters. The van der Waals surface area contributed by atoms with Crippen LogP contribution in [0.5, 0.6) is 0 Å². The fourth-order valence-corrected chi connectivity index (χ4v) is 3.80. The summed E-state index contributed by atoms with van der Waals surface area (Å²) in [5.41, 5.74) is 0.902. The van der Waals surface area contributed by atoms with Crippen molar-refractivity contribution in [2.75, 3.05) is 12.3 Å². The number of carbonyl (C=O) groups excluding carboxylic acids is 1. The van der Waals surface area contributed by atoms with Crippen molar-refractivity contribution < 1.29 is 23.9 Å². The first-order chi connectivity index (χ1) is 18.0. The molecule has 1 aliphatic heterocycles. The number of aliphatic hydroxyl groups excluding tert-OH is 2. The Morgan fingerprint density at radius 3 is 2.91 bits per heavy atom. The highest BCUT2D eigenvalue weighted by molar-refractivity contribution is 6.30. The number of nitrogens with one attached hydrogen (secondary N) is 2. The van der Waals surface area contributed by atoms with E-state index in [-0.39, 0.29) is 29.4 Å². The van der Waals surface area contributed by atoms with Crippen molar-refractivity contribution in [1.82, 2.24) is 50.0 Å². The van der Waals surface area contributed by atoms with E-state index < -0.39 is 37.4 Å². The van der Waals surface area contributed by atoms with Crippen LogP contribution in [-0.2, 0) is 23.1 Å². The van der Waals surface area contributed by atoms with Gasteiger partial charge >= 0.3 is 0 Å². The smallest absolute Gasteiger partial charge is 0.251 e. The number of aromatic nitrogens is 9. The molecule has 0 saturated carbocycles. The third-order valence-corrected chi connectivity index (χ3v) is 5.61. The van der Waals surface area contributed by atoms with Crippen molar-refractivity contribution in [2.24, 2.45) is 7.05 Å². The van der Waals surface area contributed by atoms with Crippen LogP contribution < -0.4 is 10.6 Å². The molecule has 0 aromatic carbocycles. The maximum Gasteiger partial charge on any atom is 0.251 e. The van der Waals surface area contributed by atoms with Gasteiger partial charge in [-0.25, -0.2) is 19.6 Å². The summed E-state index contributed by atoms with van der Waals surface area (Å²) in [6.07, 6.45) is -2.09. The average Bonchev–Trinajstić information content (AvgIpc) is 3.54. The van der Waals surface area contributed by atoms with E-state index in [0.29, 0.717) is 16.4 Å². The van der Waals surface area contributed by atoms with Crippen LogP contribution in [0.15, 0.2) is 24.8 Å². The van der Waals surface area contributed by atoms with Gasteiger partial charge in [-0.2, -0.15) is 0 Å². The number of ether oxygens (including phenoxy) is 1. The van der Waals surface area contributed by atoms with Gasteiger partial charge < -0.3 is 25.6 Å². The molecule has 4 aromatic heterocycles. The zero-order valence-corrected chi connectivity index (χ0v) is 18.7. The summed E-state index contributed by atoms with van der Waals surface area (Å²) in [6, 6.07) is 1.60. The second-order valence-electron chi connectivity index (χ2n) is 7.60. The minimum Gasteiger partial charge on any atom is -0.387 e. The van der Waals surface area contributed by atoms with Gasteiger partial charge in [0.15, 0.2) is 41.0 Å². The highest BCUT2D eigenvalue weighted by Gasteiger charge is 2.47. The van der Waals surface area contributed by atoms with E-state index in [0.717, 1.165) is 0 Å². The minimum atomic E-state index is -2.81. The molecule has 0 spiro atoms. The lowest BCUT2D eigenvalue weighted by molar-refractivity contribution is -0.137. The lowest BCUT2D eigenvalue weighted by atomic mass is 10.1. The largest absolute Gasteiger partial charge is 0.387 e. The number of tetrazole rings is 1. The van der Waals surface area contributed by atoms with Crippen molar-refractivity contribution >= 4 is 34.5 Å². The number of carbonyl (C=O) groups is 1. The lowest BCUT2D eigenvalue weighted by Crippen LogP contribution is -2.41. The number of hydrogen-bond donors (Lipinski definition) is 4. The number of nitrogens with zero attached hydrogens (tertiary/aromatic N) is 9. The molecule has 182 valence electrons. The Kier molecular flexibility index (Phi) is 5.07. The maximum atomic E-state index is 12.4. The van der Waals surface area contributed by atoms with Gasteiger partial charge in [-0.1, -0.05) is 11.6 Å². The quantitative estimate of drug-likeness (QED) is 0.252. The molecule has 15 nitrogen and oxygen atoms in total. The second-order valence-corrected chi connectivity index (χ2v) is 8.04. The van der Waals surface area contributed by atoms with Crippen LogP contribution in [0.25, 0.3) is 22.6 Å². The predicted molar refractivity (Wildman–Crippen MR) is 120 cm³/mol. The molecular weight excluding hydrogens is 482 g/mol. The molecule has 0 aliphatic carbocycles. The average molecular weight is 505 g/mol. The van der Waals surface area contributed by atoms with Crippen LogP contribution in [0.4, 0.5) is 5.82 Å². The number of fused-ring (bicyclic) bond motifs is 1. The van der Waals surface area contributed by atoms with Crippen LogP contribution in [0.3, 0.4) is 0 Å². The molecule has 4 N–H and O–H groups in total. The minimum absolute atomic E-state index is 0.168. The van der Waals surface area contributed by atoms with Crippen molar-refractivity contribution in [1.29, 1.82) is 0 Å². The standard InChI is InChI=1S/C19H20ClN11O4/c1-21-18(34)14-12(32)13(33)19(35-14)31-7-24-11-16(23-6-10-27-28-29-30(10)2)25-15(26-17(11)31)8-3-9(20)5-22-4-8/h3-5,7,12-14,19,32-33H,6H2,1-2H3,(H,21,34)(H,23,25,26)/t12-,13+,14-,19+/m0/s1/i1D3. The van der Waals surface area contributed by atoms with E-state index in [9.17, 15) is 15.0 Å². The zero-order chi connectivity index (χ0) is 27.2. The number of halogens is 1. The van der Waals surface area contributed by atoms with Crippen LogP contribution in [0.1, 0.15) is 16.2 Å². The van der Waals surface area contributed by atoms with Crippen LogP contribution in [0, 0.1) is 0 Å². The van der Waals surface area contributed by atoms with Gasteiger partial charge in [0.1, 0.15) is 12.2 Å². The first-order valence-electron chi connectivity index (χ1n) is 11.7. The van der Waals surface area contributed by atoms with Gasteiger partial charge in [0, 0.05) is 36.1 Å². The molecule has 1 saturated heterocycles. The van der Waals surface area contributed by atoms with Crippen molar-refractivity contribution in [3.8, 4) is 11.4 Å². The third kappa shape index (κ3) is 4.14. The van der Waals surface area contributed by atoms with Gasteiger partial charge in [-0.15, -0.1) is 5.10 Å². The Bertz CT molecular complexity index is 1500. The summed E-state index contributed by atoms with van der Waals surface area (Å²) < 4.78 is 30.1. The maximum absolute atomic E-state index is 12.4. The van der Waals surface area contributed by atoms with Gasteiger partial charge in [0.25, 0.3) is 5.91 Å². The molecule has 0 radical (unpaired) electrons. The van der Waals surface area contributed by atoms with Crippen LogP contribution >= 0.6 is 11.6 Å². The summed E-state index contributed by atoms with van der Waals surface area (Å²) in [6.45, 7) is -2.63. The molecule has 1 aliphatic rings. The first-order valence-corrected chi connectivity index (χ1v) is 10.5. The van der Waals surface area contributed by atoms with Crippen LogP contribution in [0.2, 0.25) is 5.02 Å². The van der Waals surface area contributed by atoms with Crippen LogP contribution in [-0.4, -0.2) is 86.1 Å². The molecule has 4 aromatic rings. The molecule has 5 heterocycles. The fourth-order valence-electron chi connectivity index (χ4n) is 3.63. The lowest BCUT2D eigenvalue weighted by Gasteiger charge is -2.17. The number of anilines is 1. The number of amides is 1. The van der Waals surface area contributed by atoms with Crippen molar-refractivity contribution in [3.05, 3.63) is 35.6 Å². The van der Waals surface area contributed by atoms with E-state index in [1.165, 1.54) is 28.0 Å². The van der Waals surface area contributed by atoms with E-state index in [1.807, 2.05) is 0 Å². The van der Waals surface area contributed by atoms with Crippen molar-refractivity contribution in [2.45, 2.75) is 31.1 Å². The van der Waals surface area contributed by atoms with Gasteiger partial charge in [0.2, 0.25) is 0 Å². The number of likely N-dealkylation sites (N-methyl/N-ethyl adjacent to an activating group) is 1. The Labute approximate surface area is 206 Å². The topological polar surface area (TPSA) is 191 Å². The summed E-state index contributed by atoms with van der Waals surface area (Å²) in [5, 5.41) is 37.7. The number of aliphatic hydroxyl groups is 2. The number of aryl methyl sites for hydroxylation is 1. The Balaban J connectivity index is 1.55. The van der Waals surface area contributed by atoms with E-state index in [4.69, 9.17) is 20.5 Å². The summed E-state index contributed by atoms with van der Waals surface area (Å²) in [5.74, 6) is -0.139.